The summed E-state index contributed by atoms with van der Waals surface area (Å²) in [7, 11) is 0. The minimum atomic E-state index is -1.53. The number of aromatic nitrogens is 1. The Bertz CT molecular complexity index is 856. The summed E-state index contributed by atoms with van der Waals surface area (Å²) in [6.07, 6.45) is 4.40. The van der Waals surface area contributed by atoms with E-state index in [0.717, 1.165) is 0 Å². The lowest BCUT2D eigenvalue weighted by Crippen LogP contribution is -2.54. The van der Waals surface area contributed by atoms with Crippen molar-refractivity contribution in [1.82, 2.24) is 15.2 Å². The van der Waals surface area contributed by atoms with Crippen LogP contribution in [0.2, 0.25) is 0 Å². The van der Waals surface area contributed by atoms with E-state index in [1.54, 1.807) is 59.8 Å². The number of aliphatic carboxylic acids is 1. The molecule has 0 aliphatic carbocycles. The molecule has 2 aromatic rings. The number of nitrogens with zero attached hydrogens (tertiary/aromatic N) is 2. The molecule has 2 unspecified atom stereocenters. The quantitative estimate of drug-likeness (QED) is 0.826. The Morgan fingerprint density at radius 1 is 1.14 bits per heavy atom. The highest BCUT2D eigenvalue weighted by Crippen LogP contribution is 2.24. The van der Waals surface area contributed by atoms with Crippen LogP contribution in [0.1, 0.15) is 35.7 Å². The van der Waals surface area contributed by atoms with E-state index in [1.165, 1.54) is 6.92 Å². The van der Waals surface area contributed by atoms with Crippen molar-refractivity contribution in [2.45, 2.75) is 25.3 Å². The lowest BCUT2D eigenvalue weighted by atomic mass is 9.89. The minimum absolute atomic E-state index is 0.149. The Hall–Kier alpha value is -3.22. The molecule has 0 radical (unpaired) electrons. The number of carbonyl (C=O) groups is 3. The number of amides is 2. The molecule has 1 aromatic heterocycles. The summed E-state index contributed by atoms with van der Waals surface area (Å²) >= 11 is 0. The van der Waals surface area contributed by atoms with Gasteiger partial charge in [0.1, 0.15) is 0 Å². The Balaban J connectivity index is 1.73. The second-order valence-electron chi connectivity index (χ2n) is 7.11. The monoisotopic (exact) mass is 381 g/mol. The highest BCUT2D eigenvalue weighted by atomic mass is 16.4. The molecule has 0 saturated carbocycles. The predicted molar refractivity (Wildman–Crippen MR) is 102 cm³/mol. The normalized spacial score (nSPS) is 18.8. The summed E-state index contributed by atoms with van der Waals surface area (Å²) in [5.74, 6) is -2.10. The maximum Gasteiger partial charge on any atom is 0.333 e. The third kappa shape index (κ3) is 4.03. The van der Waals surface area contributed by atoms with E-state index in [1.807, 2.05) is 0 Å². The van der Waals surface area contributed by atoms with Crippen LogP contribution in [0.25, 0.3) is 0 Å². The van der Waals surface area contributed by atoms with Crippen molar-refractivity contribution in [2.24, 2.45) is 5.92 Å². The summed E-state index contributed by atoms with van der Waals surface area (Å²) in [6, 6.07) is 11.9. The van der Waals surface area contributed by atoms with Crippen LogP contribution in [0, 0.1) is 5.92 Å². The standard InChI is InChI=1S/C21H23N3O4/c1-21(20(27)28,17-7-3-2-4-8-17)23-18(25)16-6-5-13-24(14-16)19(26)15-9-11-22-12-10-15/h2-4,7-12,16H,5-6,13-14H2,1H3,(H,23,25)(H,27,28). The van der Waals surface area contributed by atoms with Gasteiger partial charge in [-0.05, 0) is 37.5 Å². The van der Waals surface area contributed by atoms with Crippen LogP contribution < -0.4 is 5.32 Å². The van der Waals surface area contributed by atoms with E-state index < -0.39 is 17.4 Å². The first-order valence-corrected chi connectivity index (χ1v) is 9.22. The van der Waals surface area contributed by atoms with E-state index in [2.05, 4.69) is 10.3 Å². The molecule has 2 heterocycles. The number of carboxylic acid groups (broad SMARTS) is 1. The van der Waals surface area contributed by atoms with Gasteiger partial charge in [0.05, 0.1) is 5.92 Å². The molecule has 2 atom stereocenters. The zero-order valence-corrected chi connectivity index (χ0v) is 15.7. The topological polar surface area (TPSA) is 99.6 Å². The van der Waals surface area contributed by atoms with Crippen LogP contribution in [0.15, 0.2) is 54.9 Å². The van der Waals surface area contributed by atoms with Gasteiger partial charge in [0.2, 0.25) is 5.91 Å². The average Bonchev–Trinajstić information content (AvgIpc) is 2.74. The third-order valence-electron chi connectivity index (χ3n) is 5.16. The fourth-order valence-electron chi connectivity index (χ4n) is 3.42. The summed E-state index contributed by atoms with van der Waals surface area (Å²) in [6.45, 7) is 2.31. The molecule has 1 saturated heterocycles. The lowest BCUT2D eigenvalue weighted by molar-refractivity contribution is -0.148. The van der Waals surface area contributed by atoms with Gasteiger partial charge in [-0.3, -0.25) is 14.6 Å². The number of piperidine rings is 1. The summed E-state index contributed by atoms with van der Waals surface area (Å²) < 4.78 is 0. The van der Waals surface area contributed by atoms with Gasteiger partial charge in [-0.25, -0.2) is 4.79 Å². The van der Waals surface area contributed by atoms with Gasteiger partial charge in [0.15, 0.2) is 5.54 Å². The van der Waals surface area contributed by atoms with Gasteiger partial charge in [-0.2, -0.15) is 0 Å². The number of likely N-dealkylation sites (tertiary alicyclic amines) is 1. The van der Waals surface area contributed by atoms with Crippen LogP contribution in [-0.2, 0) is 15.1 Å². The SMILES string of the molecule is CC(NC(=O)C1CCCN(C(=O)c2ccncc2)C1)(C(=O)O)c1ccccc1. The van der Waals surface area contributed by atoms with Crippen molar-refractivity contribution < 1.29 is 19.5 Å². The number of benzene rings is 1. The fraction of sp³-hybridized carbons (Fsp3) is 0.333. The molecule has 1 aliphatic rings. The second kappa shape index (κ2) is 8.21. The van der Waals surface area contributed by atoms with Crippen molar-refractivity contribution in [3.05, 3.63) is 66.0 Å². The number of carboxylic acids is 1. The van der Waals surface area contributed by atoms with Crippen molar-refractivity contribution >= 4 is 17.8 Å². The van der Waals surface area contributed by atoms with E-state index >= 15 is 0 Å². The Morgan fingerprint density at radius 2 is 1.82 bits per heavy atom. The first-order chi connectivity index (χ1) is 13.4. The van der Waals surface area contributed by atoms with Crippen LogP contribution in [0.3, 0.4) is 0 Å². The minimum Gasteiger partial charge on any atom is -0.479 e. The molecule has 3 rings (SSSR count). The maximum atomic E-state index is 12.9. The van der Waals surface area contributed by atoms with Gasteiger partial charge < -0.3 is 15.3 Å². The molecule has 1 fully saturated rings. The van der Waals surface area contributed by atoms with Crippen molar-refractivity contribution in [1.29, 1.82) is 0 Å². The number of pyridine rings is 1. The third-order valence-corrected chi connectivity index (χ3v) is 5.16. The highest BCUT2D eigenvalue weighted by molar-refractivity contribution is 5.95. The lowest BCUT2D eigenvalue weighted by Gasteiger charge is -2.34. The van der Waals surface area contributed by atoms with Gasteiger partial charge in [-0.1, -0.05) is 30.3 Å². The van der Waals surface area contributed by atoms with Gasteiger partial charge in [-0.15, -0.1) is 0 Å². The Kier molecular flexibility index (Phi) is 5.73. The number of hydrogen-bond donors (Lipinski definition) is 2. The summed E-state index contributed by atoms with van der Waals surface area (Å²) in [4.78, 5) is 43.0. The molecule has 7 heteroatoms. The molecule has 0 bridgehead atoms. The molecule has 1 aromatic carbocycles. The highest BCUT2D eigenvalue weighted by Gasteiger charge is 2.39. The van der Waals surface area contributed by atoms with Gasteiger partial charge in [0, 0.05) is 31.0 Å². The fourth-order valence-corrected chi connectivity index (χ4v) is 3.42. The summed E-state index contributed by atoms with van der Waals surface area (Å²) in [5, 5.41) is 12.4. The zero-order chi connectivity index (χ0) is 20.1. The first kappa shape index (κ1) is 19.5. The average molecular weight is 381 g/mol. The molecule has 28 heavy (non-hydrogen) atoms. The molecule has 2 amide bonds. The van der Waals surface area contributed by atoms with Crippen LogP contribution in [-0.4, -0.2) is 45.9 Å². The molecular formula is C21H23N3O4. The first-order valence-electron chi connectivity index (χ1n) is 9.22. The second-order valence-corrected chi connectivity index (χ2v) is 7.11. The van der Waals surface area contributed by atoms with Crippen LogP contribution >= 0.6 is 0 Å². The van der Waals surface area contributed by atoms with Crippen LogP contribution in [0.5, 0.6) is 0 Å². The van der Waals surface area contributed by atoms with Crippen molar-refractivity contribution in [2.75, 3.05) is 13.1 Å². The Labute approximate surface area is 163 Å². The number of hydrogen-bond acceptors (Lipinski definition) is 4. The molecule has 146 valence electrons. The van der Waals surface area contributed by atoms with E-state index in [-0.39, 0.29) is 18.4 Å². The van der Waals surface area contributed by atoms with E-state index in [4.69, 9.17) is 0 Å². The molecule has 7 nitrogen and oxygen atoms in total. The maximum absolute atomic E-state index is 12.9. The number of rotatable bonds is 5. The largest absolute Gasteiger partial charge is 0.479 e. The molecule has 2 N–H and O–H groups in total. The molecule has 1 aliphatic heterocycles. The number of nitrogens with one attached hydrogen (secondary N) is 1. The summed E-state index contributed by atoms with van der Waals surface area (Å²) in [5.41, 5.74) is -0.512. The van der Waals surface area contributed by atoms with Crippen LogP contribution in [0.4, 0.5) is 0 Å². The predicted octanol–water partition coefficient (Wildman–Crippen LogP) is 2.05. The molecular weight excluding hydrogens is 358 g/mol. The molecule has 0 spiro atoms. The van der Waals surface area contributed by atoms with Gasteiger partial charge in [0.25, 0.3) is 5.91 Å². The van der Waals surface area contributed by atoms with Crippen molar-refractivity contribution in [3.63, 3.8) is 0 Å². The van der Waals surface area contributed by atoms with Crippen molar-refractivity contribution in [3.8, 4) is 0 Å². The smallest absolute Gasteiger partial charge is 0.333 e. The zero-order valence-electron chi connectivity index (χ0n) is 15.7. The van der Waals surface area contributed by atoms with E-state index in [9.17, 15) is 19.5 Å². The number of carbonyl (C=O) groups excluding carboxylic acids is 2. The Morgan fingerprint density at radius 3 is 2.46 bits per heavy atom. The van der Waals surface area contributed by atoms with E-state index in [0.29, 0.717) is 30.5 Å². The van der Waals surface area contributed by atoms with Gasteiger partial charge >= 0.3 is 5.97 Å².